The van der Waals surface area contributed by atoms with Crippen molar-refractivity contribution in [3.05, 3.63) is 46.5 Å². The Morgan fingerprint density at radius 2 is 2.13 bits per heavy atom. The van der Waals surface area contributed by atoms with Gasteiger partial charge in [0.25, 0.3) is 0 Å². The summed E-state index contributed by atoms with van der Waals surface area (Å²) in [6.07, 6.45) is 5.12. The maximum Gasteiger partial charge on any atom is 0.191 e. The molecule has 0 aliphatic carbocycles. The van der Waals surface area contributed by atoms with Crippen molar-refractivity contribution in [2.75, 3.05) is 44.2 Å². The van der Waals surface area contributed by atoms with E-state index < -0.39 is 0 Å². The van der Waals surface area contributed by atoms with Crippen molar-refractivity contribution >= 4 is 47.1 Å². The number of hydrogen-bond acceptors (Lipinski definition) is 5. The van der Waals surface area contributed by atoms with Crippen LogP contribution >= 0.6 is 35.3 Å². The van der Waals surface area contributed by atoms with Crippen LogP contribution in [0.25, 0.3) is 0 Å². The summed E-state index contributed by atoms with van der Waals surface area (Å²) in [5, 5.41) is 9.09. The van der Waals surface area contributed by atoms with Crippen LogP contribution in [0.2, 0.25) is 0 Å². The van der Waals surface area contributed by atoms with Crippen LogP contribution in [0.4, 0.5) is 10.2 Å². The summed E-state index contributed by atoms with van der Waals surface area (Å²) in [5.74, 6) is 1.02. The zero-order valence-electron chi connectivity index (χ0n) is 18.0. The van der Waals surface area contributed by atoms with E-state index in [9.17, 15) is 4.39 Å². The van der Waals surface area contributed by atoms with Gasteiger partial charge < -0.3 is 15.5 Å². The number of nitrogens with zero attached hydrogens (tertiary/aromatic N) is 4. The van der Waals surface area contributed by atoms with E-state index in [1.807, 2.05) is 16.2 Å². The molecule has 0 aromatic carbocycles. The molecular formula is C22H32FIN6S. The summed E-state index contributed by atoms with van der Waals surface area (Å²) in [4.78, 5) is 15.1. The van der Waals surface area contributed by atoms with E-state index >= 15 is 0 Å². The van der Waals surface area contributed by atoms with Gasteiger partial charge in [0, 0.05) is 36.8 Å². The second-order valence-electron chi connectivity index (χ2n) is 7.88. The minimum absolute atomic E-state index is 0. The smallest absolute Gasteiger partial charge is 0.191 e. The molecule has 2 fully saturated rings. The first kappa shape index (κ1) is 24.2. The molecule has 0 spiro atoms. The molecule has 0 bridgehead atoms. The maximum absolute atomic E-state index is 14.1. The molecule has 170 valence electrons. The molecular weight excluding hydrogens is 526 g/mol. The van der Waals surface area contributed by atoms with Crippen molar-refractivity contribution in [3.63, 3.8) is 0 Å². The van der Waals surface area contributed by atoms with E-state index in [0.717, 1.165) is 51.6 Å². The summed E-state index contributed by atoms with van der Waals surface area (Å²) < 4.78 is 14.1. The lowest BCUT2D eigenvalue weighted by atomic mass is 10.2. The first-order valence-corrected chi connectivity index (χ1v) is 11.8. The summed E-state index contributed by atoms with van der Waals surface area (Å²) in [7, 11) is 0. The Morgan fingerprint density at radius 3 is 2.84 bits per heavy atom. The number of pyridine rings is 1. The van der Waals surface area contributed by atoms with Gasteiger partial charge in [0.15, 0.2) is 17.6 Å². The molecule has 6 nitrogen and oxygen atoms in total. The largest absolute Gasteiger partial charge is 0.357 e. The van der Waals surface area contributed by atoms with Gasteiger partial charge in [-0.25, -0.2) is 9.37 Å². The average Bonchev–Trinajstić information content (AvgIpc) is 3.52. The number of hydrogen-bond donors (Lipinski definition) is 2. The topological polar surface area (TPSA) is 55.8 Å². The fraction of sp³-hybridized carbons (Fsp3) is 0.545. The van der Waals surface area contributed by atoms with Crippen LogP contribution < -0.4 is 15.5 Å². The van der Waals surface area contributed by atoms with E-state index in [-0.39, 0.29) is 35.8 Å². The lowest BCUT2D eigenvalue weighted by molar-refractivity contribution is 0.255. The zero-order chi connectivity index (χ0) is 20.8. The molecule has 2 saturated heterocycles. The molecule has 2 aromatic rings. The maximum atomic E-state index is 14.1. The van der Waals surface area contributed by atoms with Gasteiger partial charge in [0.05, 0.1) is 12.6 Å². The summed E-state index contributed by atoms with van der Waals surface area (Å²) in [6.45, 7) is 7.43. The molecule has 2 aromatic heterocycles. The van der Waals surface area contributed by atoms with Crippen molar-refractivity contribution in [3.8, 4) is 0 Å². The monoisotopic (exact) mass is 558 g/mol. The summed E-state index contributed by atoms with van der Waals surface area (Å²) in [5.41, 5.74) is 0. The van der Waals surface area contributed by atoms with E-state index in [1.165, 1.54) is 23.8 Å². The molecule has 4 rings (SSSR count). The number of nitrogens with one attached hydrogen (secondary N) is 2. The van der Waals surface area contributed by atoms with Gasteiger partial charge in [0.2, 0.25) is 0 Å². The quantitative estimate of drug-likeness (QED) is 0.307. The Hall–Kier alpha value is -1.46. The van der Waals surface area contributed by atoms with Crippen molar-refractivity contribution in [1.82, 2.24) is 20.5 Å². The van der Waals surface area contributed by atoms with Gasteiger partial charge in [-0.3, -0.25) is 9.89 Å². The van der Waals surface area contributed by atoms with Crippen LogP contribution in [0, 0.1) is 5.82 Å². The molecule has 2 unspecified atom stereocenters. The highest BCUT2D eigenvalue weighted by molar-refractivity contribution is 14.0. The van der Waals surface area contributed by atoms with Crippen molar-refractivity contribution in [2.24, 2.45) is 4.99 Å². The van der Waals surface area contributed by atoms with Crippen molar-refractivity contribution < 1.29 is 4.39 Å². The Kier molecular flexibility index (Phi) is 9.33. The van der Waals surface area contributed by atoms with Crippen LogP contribution in [0.5, 0.6) is 0 Å². The van der Waals surface area contributed by atoms with E-state index in [1.54, 1.807) is 12.3 Å². The lowest BCUT2D eigenvalue weighted by Gasteiger charge is -2.26. The van der Waals surface area contributed by atoms with E-state index in [4.69, 9.17) is 4.99 Å². The van der Waals surface area contributed by atoms with E-state index in [2.05, 4.69) is 45.0 Å². The first-order chi connectivity index (χ1) is 14.7. The summed E-state index contributed by atoms with van der Waals surface area (Å²) in [6, 6.07) is 8.00. The van der Waals surface area contributed by atoms with Crippen molar-refractivity contribution in [1.29, 1.82) is 0 Å². The number of rotatable bonds is 7. The number of halogens is 2. The molecule has 31 heavy (non-hydrogen) atoms. The number of guanidine groups is 1. The fourth-order valence-corrected chi connectivity index (χ4v) is 5.14. The predicted octanol–water partition coefficient (Wildman–Crippen LogP) is 3.87. The predicted molar refractivity (Wildman–Crippen MR) is 137 cm³/mol. The molecule has 2 atom stereocenters. The number of aromatic nitrogens is 1. The van der Waals surface area contributed by atoms with Crippen LogP contribution in [-0.2, 0) is 0 Å². The van der Waals surface area contributed by atoms with Gasteiger partial charge in [-0.2, -0.15) is 0 Å². The standard InChI is InChI=1S/C22H31FN6S.HI/c1-2-24-22(26-15-19(20-8-6-14-30-20)28-11-3-4-12-28)27-17-9-13-29(16-17)21-18(23)7-5-10-25-21;/h5-8,10,14,17,19H,2-4,9,11-13,15-16H2,1H3,(H2,24,26,27);1H. The Bertz CT molecular complexity index is 827. The highest BCUT2D eigenvalue weighted by Crippen LogP contribution is 2.28. The third-order valence-corrected chi connectivity index (χ3v) is 6.76. The second-order valence-corrected chi connectivity index (χ2v) is 8.86. The van der Waals surface area contributed by atoms with Gasteiger partial charge in [-0.15, -0.1) is 35.3 Å². The SMILES string of the molecule is CCNC(=NCC(c1cccs1)N1CCCC1)NC1CCN(c2ncccc2F)C1.I. The first-order valence-electron chi connectivity index (χ1n) is 10.9. The average molecular weight is 559 g/mol. The molecule has 0 amide bonds. The third-order valence-electron chi connectivity index (χ3n) is 5.79. The molecule has 0 radical (unpaired) electrons. The lowest BCUT2D eigenvalue weighted by Crippen LogP contribution is -2.45. The normalized spacial score (nSPS) is 20.5. The van der Waals surface area contributed by atoms with Crippen LogP contribution in [0.1, 0.15) is 37.1 Å². The molecule has 2 N–H and O–H groups in total. The summed E-state index contributed by atoms with van der Waals surface area (Å²) >= 11 is 1.81. The van der Waals surface area contributed by atoms with Gasteiger partial charge in [-0.1, -0.05) is 6.07 Å². The highest BCUT2D eigenvalue weighted by Gasteiger charge is 2.27. The van der Waals surface area contributed by atoms with Crippen LogP contribution in [0.15, 0.2) is 40.8 Å². The minimum atomic E-state index is -0.261. The molecule has 9 heteroatoms. The molecule has 2 aliphatic rings. The van der Waals surface area contributed by atoms with Gasteiger partial charge >= 0.3 is 0 Å². The number of thiophene rings is 1. The van der Waals surface area contributed by atoms with Crippen LogP contribution in [0.3, 0.4) is 0 Å². The number of anilines is 1. The second kappa shape index (κ2) is 12.0. The Labute approximate surface area is 205 Å². The van der Waals surface area contributed by atoms with Crippen molar-refractivity contribution in [2.45, 2.75) is 38.3 Å². The van der Waals surface area contributed by atoms with Gasteiger partial charge in [0.1, 0.15) is 0 Å². The molecule has 0 saturated carbocycles. The minimum Gasteiger partial charge on any atom is -0.357 e. The number of likely N-dealkylation sites (tertiary alicyclic amines) is 1. The number of aliphatic imine (C=N–C) groups is 1. The van der Waals surface area contributed by atoms with Crippen LogP contribution in [-0.4, -0.2) is 61.2 Å². The van der Waals surface area contributed by atoms with Gasteiger partial charge in [-0.05, 0) is 62.9 Å². The highest BCUT2D eigenvalue weighted by atomic mass is 127. The Morgan fingerprint density at radius 1 is 1.29 bits per heavy atom. The zero-order valence-corrected chi connectivity index (χ0v) is 21.1. The molecule has 4 heterocycles. The third kappa shape index (κ3) is 6.29. The van der Waals surface area contributed by atoms with E-state index in [0.29, 0.717) is 11.9 Å². The Balaban J connectivity index is 0.00000272. The molecule has 2 aliphatic heterocycles. The fourth-order valence-electron chi connectivity index (χ4n) is 4.29.